The van der Waals surface area contributed by atoms with Crippen molar-refractivity contribution in [2.24, 2.45) is 0 Å². The number of aliphatic hydroxyl groups is 1. The molecule has 0 radical (unpaired) electrons. The second kappa shape index (κ2) is 7.79. The van der Waals surface area contributed by atoms with E-state index in [-0.39, 0.29) is 17.9 Å². The minimum Gasteiger partial charge on any atom is -0.390 e. The van der Waals surface area contributed by atoms with Crippen LogP contribution in [0.25, 0.3) is 0 Å². The number of amides is 2. The minimum atomic E-state index is -0.685. The summed E-state index contributed by atoms with van der Waals surface area (Å²) in [6.45, 7) is 6.97. The highest BCUT2D eigenvalue weighted by Crippen LogP contribution is 2.15. The maximum absolute atomic E-state index is 12.3. The van der Waals surface area contributed by atoms with Crippen LogP contribution in [-0.4, -0.2) is 46.6 Å². The van der Waals surface area contributed by atoms with Crippen molar-refractivity contribution in [3.05, 3.63) is 35.4 Å². The smallest absolute Gasteiger partial charge is 0.251 e. The summed E-state index contributed by atoms with van der Waals surface area (Å²) in [5.74, 6) is -0.0238. The Morgan fingerprint density at radius 3 is 2.58 bits per heavy atom. The second-order valence-corrected chi connectivity index (χ2v) is 7.22. The number of nitrogens with zero attached hydrogens (tertiary/aromatic N) is 1. The third kappa shape index (κ3) is 5.34. The van der Waals surface area contributed by atoms with E-state index in [1.54, 1.807) is 26.0 Å². The first-order valence-electron chi connectivity index (χ1n) is 8.68. The topological polar surface area (TPSA) is 69.6 Å². The van der Waals surface area contributed by atoms with Crippen LogP contribution in [0.2, 0.25) is 0 Å². The maximum Gasteiger partial charge on any atom is 0.251 e. The van der Waals surface area contributed by atoms with Crippen molar-refractivity contribution in [1.82, 2.24) is 10.2 Å². The largest absolute Gasteiger partial charge is 0.390 e. The molecular formula is C19H28N2O3. The Labute approximate surface area is 144 Å². The van der Waals surface area contributed by atoms with E-state index in [0.29, 0.717) is 24.9 Å². The van der Waals surface area contributed by atoms with E-state index in [1.807, 2.05) is 24.0 Å². The number of hydrogen-bond acceptors (Lipinski definition) is 3. The highest BCUT2D eigenvalue weighted by Gasteiger charge is 2.29. The molecule has 0 saturated carbocycles. The molecule has 132 valence electrons. The molecular weight excluding hydrogens is 304 g/mol. The molecule has 5 nitrogen and oxygen atoms in total. The number of likely N-dealkylation sites (tertiary alicyclic amines) is 1. The van der Waals surface area contributed by atoms with Crippen molar-refractivity contribution in [3.8, 4) is 0 Å². The number of carbonyl (C=O) groups is 2. The standard InChI is InChI=1S/C19H28N2O3/c1-4-11-21-13-16(12-17(21)22)20-18(23)15-7-5-14(6-8-15)9-10-19(2,3)24/h5-8,16,24H,4,9-13H2,1-3H3,(H,20,23). The molecule has 1 aromatic rings. The zero-order chi connectivity index (χ0) is 17.7. The Morgan fingerprint density at radius 1 is 1.33 bits per heavy atom. The first kappa shape index (κ1) is 18.5. The van der Waals surface area contributed by atoms with E-state index >= 15 is 0 Å². The van der Waals surface area contributed by atoms with E-state index in [0.717, 1.165) is 24.9 Å². The molecule has 2 N–H and O–H groups in total. The SMILES string of the molecule is CCCN1CC(NC(=O)c2ccc(CCC(C)(C)O)cc2)CC1=O. The molecule has 1 fully saturated rings. The molecule has 1 aliphatic rings. The van der Waals surface area contributed by atoms with Gasteiger partial charge in [0.2, 0.25) is 5.91 Å². The lowest BCUT2D eigenvalue weighted by atomic mass is 9.98. The summed E-state index contributed by atoms with van der Waals surface area (Å²) in [5.41, 5.74) is 1.01. The minimum absolute atomic E-state index is 0.105. The zero-order valence-electron chi connectivity index (χ0n) is 14.8. The number of rotatable bonds is 7. The average Bonchev–Trinajstić information content (AvgIpc) is 2.85. The molecule has 1 aliphatic heterocycles. The van der Waals surface area contributed by atoms with Gasteiger partial charge in [-0.05, 0) is 50.8 Å². The molecule has 1 atom stereocenters. The fraction of sp³-hybridized carbons (Fsp3) is 0.579. The Morgan fingerprint density at radius 2 is 2.00 bits per heavy atom. The van der Waals surface area contributed by atoms with Crippen LogP contribution in [0.5, 0.6) is 0 Å². The maximum atomic E-state index is 12.3. The van der Waals surface area contributed by atoms with Gasteiger partial charge in [-0.2, -0.15) is 0 Å². The summed E-state index contributed by atoms with van der Waals surface area (Å²) in [4.78, 5) is 26.0. The van der Waals surface area contributed by atoms with Crippen LogP contribution in [0, 0.1) is 0 Å². The van der Waals surface area contributed by atoms with Crippen LogP contribution in [0.15, 0.2) is 24.3 Å². The molecule has 24 heavy (non-hydrogen) atoms. The zero-order valence-corrected chi connectivity index (χ0v) is 14.8. The summed E-state index contributed by atoms with van der Waals surface area (Å²) >= 11 is 0. The molecule has 0 aromatic heterocycles. The lowest BCUT2D eigenvalue weighted by Crippen LogP contribution is -2.37. The van der Waals surface area contributed by atoms with E-state index in [1.165, 1.54) is 0 Å². The highest BCUT2D eigenvalue weighted by atomic mass is 16.3. The number of nitrogens with one attached hydrogen (secondary N) is 1. The van der Waals surface area contributed by atoms with Crippen LogP contribution in [0.3, 0.4) is 0 Å². The van der Waals surface area contributed by atoms with Gasteiger partial charge in [-0.1, -0.05) is 19.1 Å². The highest BCUT2D eigenvalue weighted by molar-refractivity contribution is 5.95. The molecule has 1 aromatic carbocycles. The number of hydrogen-bond donors (Lipinski definition) is 2. The van der Waals surface area contributed by atoms with E-state index in [2.05, 4.69) is 5.32 Å². The lowest BCUT2D eigenvalue weighted by Gasteiger charge is -2.17. The van der Waals surface area contributed by atoms with E-state index < -0.39 is 5.60 Å². The van der Waals surface area contributed by atoms with Gasteiger partial charge in [-0.25, -0.2) is 0 Å². The van der Waals surface area contributed by atoms with Gasteiger partial charge < -0.3 is 15.3 Å². The molecule has 2 amide bonds. The van der Waals surface area contributed by atoms with Gasteiger partial charge in [-0.3, -0.25) is 9.59 Å². The van der Waals surface area contributed by atoms with E-state index in [4.69, 9.17) is 0 Å². The van der Waals surface area contributed by atoms with E-state index in [9.17, 15) is 14.7 Å². The number of aryl methyl sites for hydroxylation is 1. The van der Waals surface area contributed by atoms with Gasteiger partial charge in [0.15, 0.2) is 0 Å². The summed E-state index contributed by atoms with van der Waals surface area (Å²) in [7, 11) is 0. The predicted octanol–water partition coefficient (Wildman–Crippen LogP) is 2.13. The van der Waals surface area contributed by atoms with Crippen molar-refractivity contribution in [3.63, 3.8) is 0 Å². The summed E-state index contributed by atoms with van der Waals surface area (Å²) in [6, 6.07) is 7.34. The van der Waals surface area contributed by atoms with Crippen molar-refractivity contribution in [1.29, 1.82) is 0 Å². The lowest BCUT2D eigenvalue weighted by molar-refractivity contribution is -0.127. The number of carbonyl (C=O) groups excluding carboxylic acids is 2. The van der Waals surface area contributed by atoms with Gasteiger partial charge >= 0.3 is 0 Å². The van der Waals surface area contributed by atoms with Crippen LogP contribution >= 0.6 is 0 Å². The molecule has 0 bridgehead atoms. The Balaban J connectivity index is 1.88. The van der Waals surface area contributed by atoms with Crippen molar-refractivity contribution in [2.45, 2.75) is 58.1 Å². The molecule has 1 unspecified atom stereocenters. The molecule has 2 rings (SSSR count). The molecule has 5 heteroatoms. The van der Waals surface area contributed by atoms with Gasteiger partial charge in [0.1, 0.15) is 0 Å². The first-order valence-corrected chi connectivity index (χ1v) is 8.68. The Hall–Kier alpha value is -1.88. The number of benzene rings is 1. The Kier molecular flexibility index (Phi) is 5.99. The predicted molar refractivity (Wildman–Crippen MR) is 93.8 cm³/mol. The average molecular weight is 332 g/mol. The van der Waals surface area contributed by atoms with Gasteiger partial charge in [-0.15, -0.1) is 0 Å². The third-order valence-corrected chi connectivity index (χ3v) is 4.28. The van der Waals surface area contributed by atoms with Crippen LogP contribution in [0.1, 0.15) is 56.0 Å². The fourth-order valence-corrected chi connectivity index (χ4v) is 2.90. The third-order valence-electron chi connectivity index (χ3n) is 4.28. The van der Waals surface area contributed by atoms with Crippen molar-refractivity contribution >= 4 is 11.8 Å². The van der Waals surface area contributed by atoms with Crippen molar-refractivity contribution < 1.29 is 14.7 Å². The first-order chi connectivity index (χ1) is 11.3. The van der Waals surface area contributed by atoms with Crippen LogP contribution in [0.4, 0.5) is 0 Å². The second-order valence-electron chi connectivity index (χ2n) is 7.22. The quantitative estimate of drug-likeness (QED) is 0.804. The molecule has 0 spiro atoms. The van der Waals surface area contributed by atoms with Crippen molar-refractivity contribution in [2.75, 3.05) is 13.1 Å². The van der Waals surface area contributed by atoms with Crippen LogP contribution in [-0.2, 0) is 11.2 Å². The van der Waals surface area contributed by atoms with Gasteiger partial charge in [0.25, 0.3) is 5.91 Å². The molecule has 1 heterocycles. The summed E-state index contributed by atoms with van der Waals surface area (Å²) in [6.07, 6.45) is 2.76. The van der Waals surface area contributed by atoms with Crippen LogP contribution < -0.4 is 5.32 Å². The molecule has 0 aliphatic carbocycles. The Bertz CT molecular complexity index is 575. The summed E-state index contributed by atoms with van der Waals surface area (Å²) in [5, 5.41) is 12.7. The fourth-order valence-electron chi connectivity index (χ4n) is 2.90. The van der Waals surface area contributed by atoms with Gasteiger partial charge in [0.05, 0.1) is 11.6 Å². The summed E-state index contributed by atoms with van der Waals surface area (Å²) < 4.78 is 0. The van der Waals surface area contributed by atoms with Gasteiger partial charge in [0, 0.05) is 25.1 Å². The monoisotopic (exact) mass is 332 g/mol. The molecule has 1 saturated heterocycles. The normalized spacial score (nSPS) is 18.1.